The molecule has 0 saturated carbocycles. The van der Waals surface area contributed by atoms with E-state index in [2.05, 4.69) is 20.1 Å². The number of halogens is 2. The first-order chi connectivity index (χ1) is 16.0. The summed E-state index contributed by atoms with van der Waals surface area (Å²) in [6.45, 7) is 2.60. The third kappa shape index (κ3) is 4.02. The van der Waals surface area contributed by atoms with Gasteiger partial charge in [-0.1, -0.05) is 12.1 Å². The Morgan fingerprint density at radius 2 is 2.00 bits per heavy atom. The van der Waals surface area contributed by atoms with Gasteiger partial charge in [-0.25, -0.2) is 28.4 Å². The van der Waals surface area contributed by atoms with Gasteiger partial charge < -0.3 is 9.30 Å². The maximum Gasteiger partial charge on any atom is 0.238 e. The normalized spacial score (nSPS) is 15.7. The minimum atomic E-state index is -0.849. The third-order valence-electron chi connectivity index (χ3n) is 5.70. The molecule has 4 heterocycles. The molecule has 0 bridgehead atoms. The second kappa shape index (κ2) is 8.57. The van der Waals surface area contributed by atoms with Crippen LogP contribution in [0.1, 0.15) is 47.4 Å². The van der Waals surface area contributed by atoms with Gasteiger partial charge in [0.25, 0.3) is 0 Å². The van der Waals surface area contributed by atoms with E-state index in [4.69, 9.17) is 4.74 Å². The van der Waals surface area contributed by atoms with Crippen molar-refractivity contribution in [2.24, 2.45) is 0 Å². The monoisotopic (exact) mass is 448 g/mol. The number of aromatic nitrogens is 6. The minimum absolute atomic E-state index is 0.315. The van der Waals surface area contributed by atoms with E-state index in [-0.39, 0.29) is 5.92 Å². The van der Waals surface area contributed by atoms with E-state index >= 15 is 0 Å². The molecular formula is C24H22F2N6O. The zero-order valence-corrected chi connectivity index (χ0v) is 18.2. The number of methoxy groups -OCH3 is 1. The lowest BCUT2D eigenvalue weighted by Gasteiger charge is -2.22. The van der Waals surface area contributed by atoms with Crippen molar-refractivity contribution >= 4 is 12.2 Å². The number of nitrogens with zero attached hydrogens (tertiary/aromatic N) is 6. The third-order valence-corrected chi connectivity index (χ3v) is 5.70. The van der Waals surface area contributed by atoms with Crippen LogP contribution in [-0.2, 0) is 6.54 Å². The van der Waals surface area contributed by atoms with Crippen LogP contribution in [0.2, 0.25) is 0 Å². The van der Waals surface area contributed by atoms with Gasteiger partial charge in [-0.15, -0.1) is 0 Å². The van der Waals surface area contributed by atoms with Crippen LogP contribution >= 0.6 is 0 Å². The molecule has 1 atom stereocenters. The number of rotatable bonds is 5. The van der Waals surface area contributed by atoms with E-state index in [0.29, 0.717) is 41.8 Å². The average molecular weight is 448 g/mol. The molecule has 1 aliphatic rings. The molecule has 0 N–H and O–H groups in total. The fraction of sp³-hybridized carbons (Fsp3) is 0.250. The Hall–Kier alpha value is -3.88. The minimum Gasteiger partial charge on any atom is -0.479 e. The van der Waals surface area contributed by atoms with E-state index in [0.717, 1.165) is 23.9 Å². The summed E-state index contributed by atoms with van der Waals surface area (Å²) in [5.41, 5.74) is 2.67. The van der Waals surface area contributed by atoms with Gasteiger partial charge in [0.15, 0.2) is 17.5 Å². The Balaban J connectivity index is 1.42. The molecule has 0 aliphatic carbocycles. The fourth-order valence-electron chi connectivity index (χ4n) is 4.12. The molecule has 0 amide bonds. The summed E-state index contributed by atoms with van der Waals surface area (Å²) in [4.78, 5) is 13.4. The van der Waals surface area contributed by atoms with Crippen LogP contribution in [0.5, 0.6) is 5.88 Å². The quantitative estimate of drug-likeness (QED) is 0.448. The van der Waals surface area contributed by atoms with Crippen molar-refractivity contribution in [1.29, 1.82) is 0 Å². The molecule has 168 valence electrons. The van der Waals surface area contributed by atoms with Crippen molar-refractivity contribution in [2.75, 3.05) is 7.11 Å². The molecule has 7 nitrogen and oxygen atoms in total. The van der Waals surface area contributed by atoms with E-state index in [1.807, 2.05) is 29.8 Å². The van der Waals surface area contributed by atoms with Crippen LogP contribution in [0.3, 0.4) is 0 Å². The highest BCUT2D eigenvalue weighted by molar-refractivity contribution is 5.65. The second-order valence-corrected chi connectivity index (χ2v) is 7.91. The van der Waals surface area contributed by atoms with Gasteiger partial charge in [0.1, 0.15) is 11.5 Å². The van der Waals surface area contributed by atoms with Gasteiger partial charge in [-0.3, -0.25) is 0 Å². The summed E-state index contributed by atoms with van der Waals surface area (Å²) in [6.07, 6.45) is 8.66. The molecular weight excluding hydrogens is 426 g/mol. The standard InChI is InChI=1S/C24H22F2N6O/c1-15-13-31(14-27-15)20-10-8-16(28-24(20)33-2)9-11-21-29-23-18(6-4-12-32(23)30-21)17-5-3-7-19(25)22(17)26/h3,5,7-11,13-14,18H,4,6,12H2,1-2H3/b11-9+/t18-/m1/s1. The fourth-order valence-corrected chi connectivity index (χ4v) is 4.12. The largest absolute Gasteiger partial charge is 0.479 e. The Bertz CT molecular complexity index is 1340. The zero-order chi connectivity index (χ0) is 22.9. The Morgan fingerprint density at radius 3 is 2.79 bits per heavy atom. The summed E-state index contributed by atoms with van der Waals surface area (Å²) < 4.78 is 37.3. The van der Waals surface area contributed by atoms with Gasteiger partial charge in [0.05, 0.1) is 24.8 Å². The number of hydrogen-bond donors (Lipinski definition) is 0. The lowest BCUT2D eigenvalue weighted by Crippen LogP contribution is -2.19. The van der Waals surface area contributed by atoms with Crippen LogP contribution < -0.4 is 4.74 Å². The van der Waals surface area contributed by atoms with E-state index in [1.54, 1.807) is 36.3 Å². The van der Waals surface area contributed by atoms with E-state index in [1.165, 1.54) is 6.07 Å². The number of benzene rings is 1. The van der Waals surface area contributed by atoms with Crippen molar-refractivity contribution in [2.45, 2.75) is 32.2 Å². The number of imidazole rings is 1. The summed E-state index contributed by atoms with van der Waals surface area (Å²) in [6, 6.07) is 8.03. The van der Waals surface area contributed by atoms with Gasteiger partial charge >= 0.3 is 0 Å². The van der Waals surface area contributed by atoms with Crippen molar-refractivity contribution in [3.63, 3.8) is 0 Å². The van der Waals surface area contributed by atoms with Crippen molar-refractivity contribution < 1.29 is 13.5 Å². The topological polar surface area (TPSA) is 70.7 Å². The number of fused-ring (bicyclic) bond motifs is 1. The van der Waals surface area contributed by atoms with Crippen LogP contribution in [0, 0.1) is 18.6 Å². The second-order valence-electron chi connectivity index (χ2n) is 7.91. The molecule has 0 radical (unpaired) electrons. The van der Waals surface area contributed by atoms with E-state index < -0.39 is 11.6 Å². The molecule has 0 saturated heterocycles. The molecule has 33 heavy (non-hydrogen) atoms. The predicted octanol–water partition coefficient (Wildman–Crippen LogP) is 4.55. The van der Waals surface area contributed by atoms with Crippen LogP contribution in [0.25, 0.3) is 17.8 Å². The molecule has 0 fully saturated rings. The first kappa shape index (κ1) is 21.0. The number of pyridine rings is 1. The van der Waals surface area contributed by atoms with Crippen LogP contribution in [0.4, 0.5) is 8.78 Å². The van der Waals surface area contributed by atoms with Crippen molar-refractivity contribution in [3.8, 4) is 11.6 Å². The predicted molar refractivity (Wildman–Crippen MR) is 119 cm³/mol. The van der Waals surface area contributed by atoms with E-state index in [9.17, 15) is 8.78 Å². The zero-order valence-electron chi connectivity index (χ0n) is 18.2. The Morgan fingerprint density at radius 1 is 1.12 bits per heavy atom. The van der Waals surface area contributed by atoms with Gasteiger partial charge in [0, 0.05) is 24.2 Å². The lowest BCUT2D eigenvalue weighted by atomic mass is 9.91. The Kier molecular flexibility index (Phi) is 5.45. The average Bonchev–Trinajstić information content (AvgIpc) is 3.45. The summed E-state index contributed by atoms with van der Waals surface area (Å²) in [5, 5.41) is 4.54. The van der Waals surface area contributed by atoms with Crippen molar-refractivity contribution in [3.05, 3.63) is 83.1 Å². The number of hydrogen-bond acceptors (Lipinski definition) is 5. The molecule has 3 aromatic heterocycles. The molecule has 0 unspecified atom stereocenters. The van der Waals surface area contributed by atoms with Crippen LogP contribution in [-0.4, -0.2) is 36.4 Å². The first-order valence-electron chi connectivity index (χ1n) is 10.7. The molecule has 1 aromatic carbocycles. The number of ether oxygens (including phenoxy) is 1. The van der Waals surface area contributed by atoms with Gasteiger partial charge in [-0.05, 0) is 50.1 Å². The summed E-state index contributed by atoms with van der Waals surface area (Å²) in [7, 11) is 1.57. The maximum absolute atomic E-state index is 14.4. The molecule has 5 rings (SSSR count). The summed E-state index contributed by atoms with van der Waals surface area (Å²) in [5.74, 6) is -0.404. The Labute approximate surface area is 189 Å². The molecule has 4 aromatic rings. The van der Waals surface area contributed by atoms with Crippen LogP contribution in [0.15, 0.2) is 42.9 Å². The smallest absolute Gasteiger partial charge is 0.238 e. The highest BCUT2D eigenvalue weighted by atomic mass is 19.2. The number of aryl methyl sites for hydroxylation is 2. The maximum atomic E-state index is 14.4. The first-order valence-corrected chi connectivity index (χ1v) is 10.7. The molecule has 0 spiro atoms. The van der Waals surface area contributed by atoms with Crippen molar-refractivity contribution in [1.82, 2.24) is 29.3 Å². The SMILES string of the molecule is COc1nc(/C=C/c2nc3n(n2)CCC[C@@H]3c2cccc(F)c2F)ccc1-n1cnc(C)c1. The lowest BCUT2D eigenvalue weighted by molar-refractivity contribution is 0.395. The molecule has 1 aliphatic heterocycles. The van der Waals surface area contributed by atoms with Gasteiger partial charge in [-0.2, -0.15) is 5.10 Å². The summed E-state index contributed by atoms with van der Waals surface area (Å²) >= 11 is 0. The highest BCUT2D eigenvalue weighted by Crippen LogP contribution is 2.34. The molecule has 9 heteroatoms. The van der Waals surface area contributed by atoms with Gasteiger partial charge in [0.2, 0.25) is 5.88 Å². The highest BCUT2D eigenvalue weighted by Gasteiger charge is 2.28.